The predicted octanol–water partition coefficient (Wildman–Crippen LogP) is 1.84. The topological polar surface area (TPSA) is 63.6 Å². The lowest BCUT2D eigenvalue weighted by atomic mass is 10.1. The van der Waals surface area contributed by atoms with Crippen LogP contribution in [-0.4, -0.2) is 17.0 Å². The second kappa shape index (κ2) is 5.90. The summed E-state index contributed by atoms with van der Waals surface area (Å²) in [5.74, 6) is -2.89. The molecule has 0 bridgehead atoms. The molecule has 1 atom stereocenters. The normalized spacial score (nSPS) is 11.8. The molecular formula is C12H14O4. The van der Waals surface area contributed by atoms with Crippen molar-refractivity contribution in [2.24, 2.45) is 5.92 Å². The summed E-state index contributed by atoms with van der Waals surface area (Å²) in [7, 11) is 0. The van der Waals surface area contributed by atoms with Crippen molar-refractivity contribution >= 4 is 11.9 Å². The number of esters is 1. The van der Waals surface area contributed by atoms with Crippen LogP contribution in [0.25, 0.3) is 0 Å². The van der Waals surface area contributed by atoms with Gasteiger partial charge in [-0.2, -0.15) is 0 Å². The maximum atomic E-state index is 11.4. The third-order valence-electron chi connectivity index (χ3n) is 2.21. The van der Waals surface area contributed by atoms with E-state index in [4.69, 9.17) is 9.84 Å². The summed E-state index contributed by atoms with van der Waals surface area (Å²) in [6.45, 7) is 1.76. The van der Waals surface area contributed by atoms with Crippen LogP contribution in [0.15, 0.2) is 30.3 Å². The number of ether oxygens (including phenoxy) is 1. The fourth-order valence-corrected chi connectivity index (χ4v) is 1.27. The highest BCUT2D eigenvalue weighted by molar-refractivity contribution is 5.93. The van der Waals surface area contributed by atoms with Crippen molar-refractivity contribution in [2.75, 3.05) is 0 Å². The minimum Gasteiger partial charge on any atom is -0.481 e. The molecule has 4 nitrogen and oxygen atoms in total. The zero-order valence-corrected chi connectivity index (χ0v) is 9.05. The highest BCUT2D eigenvalue weighted by atomic mass is 16.5. The van der Waals surface area contributed by atoms with Gasteiger partial charge in [-0.15, -0.1) is 0 Å². The summed E-state index contributed by atoms with van der Waals surface area (Å²) in [5, 5.41) is 8.74. The van der Waals surface area contributed by atoms with Crippen molar-refractivity contribution in [1.82, 2.24) is 0 Å². The van der Waals surface area contributed by atoms with Gasteiger partial charge < -0.3 is 9.84 Å². The second-order valence-electron chi connectivity index (χ2n) is 3.39. The van der Waals surface area contributed by atoms with Gasteiger partial charge in [-0.1, -0.05) is 37.3 Å². The van der Waals surface area contributed by atoms with Gasteiger partial charge in [-0.05, 0) is 12.0 Å². The number of hydrogen-bond acceptors (Lipinski definition) is 3. The van der Waals surface area contributed by atoms with Crippen LogP contribution in [0.2, 0.25) is 0 Å². The van der Waals surface area contributed by atoms with Crippen LogP contribution in [0.1, 0.15) is 18.9 Å². The third-order valence-corrected chi connectivity index (χ3v) is 2.21. The van der Waals surface area contributed by atoms with Crippen LogP contribution in [0.4, 0.5) is 0 Å². The highest BCUT2D eigenvalue weighted by Crippen LogP contribution is 2.08. The summed E-state index contributed by atoms with van der Waals surface area (Å²) in [6.07, 6.45) is 0.239. The number of aliphatic carboxylic acids is 1. The van der Waals surface area contributed by atoms with Crippen LogP contribution in [0, 0.1) is 5.92 Å². The summed E-state index contributed by atoms with van der Waals surface area (Å²) >= 11 is 0. The van der Waals surface area contributed by atoms with Crippen molar-refractivity contribution < 1.29 is 19.4 Å². The molecule has 0 fully saturated rings. The molecule has 0 saturated carbocycles. The molecule has 1 aromatic rings. The van der Waals surface area contributed by atoms with Gasteiger partial charge in [0.15, 0.2) is 5.92 Å². The molecule has 0 unspecified atom stereocenters. The lowest BCUT2D eigenvalue weighted by Gasteiger charge is -2.09. The van der Waals surface area contributed by atoms with Crippen LogP contribution in [0.5, 0.6) is 0 Å². The summed E-state index contributed by atoms with van der Waals surface area (Å²) in [6, 6.07) is 9.15. The van der Waals surface area contributed by atoms with Crippen molar-refractivity contribution in [2.45, 2.75) is 20.0 Å². The molecule has 1 aromatic carbocycles. The Hall–Kier alpha value is -1.84. The van der Waals surface area contributed by atoms with Gasteiger partial charge >= 0.3 is 11.9 Å². The zero-order chi connectivity index (χ0) is 12.0. The molecule has 86 valence electrons. The molecule has 1 rings (SSSR count). The largest absolute Gasteiger partial charge is 0.481 e. The maximum absolute atomic E-state index is 11.4. The fourth-order valence-electron chi connectivity index (χ4n) is 1.27. The van der Waals surface area contributed by atoms with Gasteiger partial charge in [0.1, 0.15) is 6.61 Å². The molecular weight excluding hydrogens is 208 g/mol. The monoisotopic (exact) mass is 222 g/mol. The Balaban J connectivity index is 2.49. The van der Waals surface area contributed by atoms with E-state index in [1.54, 1.807) is 6.92 Å². The first-order chi connectivity index (χ1) is 7.65. The van der Waals surface area contributed by atoms with E-state index in [2.05, 4.69) is 0 Å². The first-order valence-corrected chi connectivity index (χ1v) is 5.08. The Bertz CT molecular complexity index is 359. The Morgan fingerprint density at radius 1 is 1.31 bits per heavy atom. The van der Waals surface area contributed by atoms with Gasteiger partial charge in [-0.25, -0.2) is 0 Å². The van der Waals surface area contributed by atoms with Crippen molar-refractivity contribution in [3.63, 3.8) is 0 Å². The van der Waals surface area contributed by atoms with Gasteiger partial charge in [0.05, 0.1) is 0 Å². The van der Waals surface area contributed by atoms with E-state index in [0.29, 0.717) is 0 Å². The summed E-state index contributed by atoms with van der Waals surface area (Å²) in [5.41, 5.74) is 0.844. The smallest absolute Gasteiger partial charge is 0.320 e. The molecule has 0 aliphatic rings. The number of carbonyl (C=O) groups is 2. The average molecular weight is 222 g/mol. The van der Waals surface area contributed by atoms with E-state index >= 15 is 0 Å². The highest BCUT2D eigenvalue weighted by Gasteiger charge is 2.25. The Kier molecular flexibility index (Phi) is 4.51. The molecule has 0 heterocycles. The molecule has 1 N–H and O–H groups in total. The van der Waals surface area contributed by atoms with E-state index in [0.717, 1.165) is 5.56 Å². The summed E-state index contributed by atoms with van der Waals surface area (Å²) < 4.78 is 4.92. The van der Waals surface area contributed by atoms with Crippen molar-refractivity contribution in [3.05, 3.63) is 35.9 Å². The van der Waals surface area contributed by atoms with Gasteiger partial charge in [0.25, 0.3) is 0 Å². The van der Waals surface area contributed by atoms with Crippen LogP contribution in [-0.2, 0) is 20.9 Å². The van der Waals surface area contributed by atoms with Gasteiger partial charge in [0, 0.05) is 0 Å². The number of benzene rings is 1. The second-order valence-corrected chi connectivity index (χ2v) is 3.39. The lowest BCUT2D eigenvalue weighted by molar-refractivity contribution is -0.159. The number of rotatable bonds is 5. The maximum Gasteiger partial charge on any atom is 0.320 e. The first kappa shape index (κ1) is 12.2. The number of hydrogen-bond donors (Lipinski definition) is 1. The molecule has 0 aromatic heterocycles. The average Bonchev–Trinajstić information content (AvgIpc) is 2.28. The van der Waals surface area contributed by atoms with E-state index < -0.39 is 17.9 Å². The van der Waals surface area contributed by atoms with Crippen molar-refractivity contribution in [3.8, 4) is 0 Å². The van der Waals surface area contributed by atoms with E-state index in [1.165, 1.54) is 0 Å². The van der Waals surface area contributed by atoms with E-state index in [1.807, 2.05) is 30.3 Å². The molecule has 16 heavy (non-hydrogen) atoms. The SMILES string of the molecule is CC[C@@H](C(=O)O)C(=O)OCc1ccccc1. The molecule has 0 aliphatic heterocycles. The molecule has 0 saturated heterocycles. The van der Waals surface area contributed by atoms with Crippen LogP contribution < -0.4 is 0 Å². The fraction of sp³-hybridized carbons (Fsp3) is 0.333. The van der Waals surface area contributed by atoms with Gasteiger partial charge in [0.2, 0.25) is 0 Å². The number of carboxylic acids is 1. The Morgan fingerprint density at radius 2 is 1.94 bits per heavy atom. The third kappa shape index (κ3) is 3.38. The quantitative estimate of drug-likeness (QED) is 0.610. The molecule has 0 amide bonds. The Morgan fingerprint density at radius 3 is 2.44 bits per heavy atom. The first-order valence-electron chi connectivity index (χ1n) is 5.08. The Labute approximate surface area is 93.9 Å². The summed E-state index contributed by atoms with van der Waals surface area (Å²) in [4.78, 5) is 22.1. The van der Waals surface area contributed by atoms with Crippen LogP contribution >= 0.6 is 0 Å². The molecule has 0 spiro atoms. The molecule has 4 heteroatoms. The molecule has 0 radical (unpaired) electrons. The minimum absolute atomic E-state index is 0.115. The van der Waals surface area contributed by atoms with Crippen molar-refractivity contribution in [1.29, 1.82) is 0 Å². The standard InChI is InChI=1S/C12H14O4/c1-2-10(11(13)14)12(15)16-8-9-6-4-3-5-7-9/h3-7,10H,2,8H2,1H3,(H,13,14)/t10-/m0/s1. The van der Waals surface area contributed by atoms with E-state index in [9.17, 15) is 9.59 Å². The number of carboxylic acid groups (broad SMARTS) is 1. The molecule has 0 aliphatic carbocycles. The number of carbonyl (C=O) groups excluding carboxylic acids is 1. The lowest BCUT2D eigenvalue weighted by Crippen LogP contribution is -2.25. The predicted molar refractivity (Wildman–Crippen MR) is 57.7 cm³/mol. The minimum atomic E-state index is -1.14. The van der Waals surface area contributed by atoms with E-state index in [-0.39, 0.29) is 13.0 Å². The zero-order valence-electron chi connectivity index (χ0n) is 9.05. The van der Waals surface area contributed by atoms with Gasteiger partial charge in [-0.3, -0.25) is 9.59 Å². The van der Waals surface area contributed by atoms with Crippen LogP contribution in [0.3, 0.4) is 0 Å².